The zero-order valence-electron chi connectivity index (χ0n) is 16.3. The number of nitriles is 1. The smallest absolute Gasteiger partial charge is 0.272 e. The highest BCUT2D eigenvalue weighted by molar-refractivity contribution is 6.11. The van der Waals surface area contributed by atoms with E-state index in [4.69, 9.17) is 4.74 Å². The number of ketones is 1. The Morgan fingerprint density at radius 1 is 1.17 bits per heavy atom. The number of rotatable bonds is 5. The third-order valence-corrected chi connectivity index (χ3v) is 4.97. The van der Waals surface area contributed by atoms with Crippen LogP contribution in [0.4, 0.5) is 0 Å². The highest BCUT2D eigenvalue weighted by Crippen LogP contribution is 2.30. The first-order valence-corrected chi connectivity index (χ1v) is 9.02. The average Bonchev–Trinajstić information content (AvgIpc) is 2.74. The molecule has 1 N–H and O–H groups in total. The number of pyridine rings is 1. The summed E-state index contributed by atoms with van der Waals surface area (Å²) >= 11 is 0. The van der Waals surface area contributed by atoms with Gasteiger partial charge in [0.05, 0.1) is 18.7 Å². The fourth-order valence-corrected chi connectivity index (χ4v) is 3.34. The molecule has 0 bridgehead atoms. The van der Waals surface area contributed by atoms with Crippen LogP contribution in [0.2, 0.25) is 0 Å². The second kappa shape index (κ2) is 8.03. The Hall–Kier alpha value is -3.85. The molecule has 2 aromatic carbocycles. The average molecular weight is 388 g/mol. The molecule has 0 aliphatic heterocycles. The van der Waals surface area contributed by atoms with Crippen LogP contribution >= 0.6 is 0 Å². The van der Waals surface area contributed by atoms with Crippen molar-refractivity contribution in [1.29, 1.82) is 5.26 Å². The number of hydrogen-bond donors (Lipinski definition) is 1. The van der Waals surface area contributed by atoms with Gasteiger partial charge in [-0.1, -0.05) is 42.5 Å². The van der Waals surface area contributed by atoms with Crippen molar-refractivity contribution in [2.75, 3.05) is 7.11 Å². The molecule has 0 fully saturated rings. The molecular weight excluding hydrogens is 368 g/mol. The maximum absolute atomic E-state index is 13.2. The Morgan fingerprint density at radius 2 is 1.86 bits per heavy atom. The van der Waals surface area contributed by atoms with Gasteiger partial charge < -0.3 is 9.84 Å². The molecular formula is C23H20N2O4. The number of aromatic hydroxyl groups is 1. The largest absolute Gasteiger partial charge is 0.497 e. The summed E-state index contributed by atoms with van der Waals surface area (Å²) in [5.74, 6) is -0.473. The van der Waals surface area contributed by atoms with Gasteiger partial charge in [0, 0.05) is 5.56 Å². The summed E-state index contributed by atoms with van der Waals surface area (Å²) in [6.07, 6.45) is 0. The fourth-order valence-electron chi connectivity index (χ4n) is 3.34. The van der Waals surface area contributed by atoms with Gasteiger partial charge in [0.15, 0.2) is 5.78 Å². The maximum Gasteiger partial charge on any atom is 0.272 e. The van der Waals surface area contributed by atoms with E-state index in [1.807, 2.05) is 36.4 Å². The van der Waals surface area contributed by atoms with E-state index in [9.17, 15) is 20.0 Å². The Morgan fingerprint density at radius 3 is 2.48 bits per heavy atom. The monoisotopic (exact) mass is 388 g/mol. The molecule has 0 aliphatic rings. The lowest BCUT2D eigenvalue weighted by molar-refractivity contribution is 0.103. The van der Waals surface area contributed by atoms with Crippen molar-refractivity contribution in [2.45, 2.75) is 19.9 Å². The van der Waals surface area contributed by atoms with Crippen molar-refractivity contribution < 1.29 is 14.6 Å². The molecule has 0 spiro atoms. The molecule has 1 heterocycles. The van der Waals surface area contributed by atoms with Crippen LogP contribution in [0.3, 0.4) is 0 Å². The first-order valence-electron chi connectivity index (χ1n) is 9.02. The molecule has 0 amide bonds. The normalized spacial score (nSPS) is 11.5. The fraction of sp³-hybridized carbons (Fsp3) is 0.174. The lowest BCUT2D eigenvalue weighted by Crippen LogP contribution is -2.29. The van der Waals surface area contributed by atoms with Crippen LogP contribution in [0.1, 0.15) is 45.6 Å². The van der Waals surface area contributed by atoms with Gasteiger partial charge in [-0.25, -0.2) is 0 Å². The number of methoxy groups -OCH3 is 1. The number of benzene rings is 2. The van der Waals surface area contributed by atoms with Gasteiger partial charge >= 0.3 is 0 Å². The Kier molecular flexibility index (Phi) is 5.51. The van der Waals surface area contributed by atoms with Gasteiger partial charge in [-0.3, -0.25) is 14.2 Å². The molecule has 0 aliphatic carbocycles. The SMILES string of the molecule is COc1cccc(C(=O)c2c(C)c(C#N)c(=O)n(C(C)c3ccccc3)c2O)c1. The second-order valence-electron chi connectivity index (χ2n) is 6.63. The van der Waals surface area contributed by atoms with E-state index >= 15 is 0 Å². The van der Waals surface area contributed by atoms with Crippen molar-refractivity contribution in [3.63, 3.8) is 0 Å². The maximum atomic E-state index is 13.2. The van der Waals surface area contributed by atoms with Crippen molar-refractivity contribution in [3.8, 4) is 17.7 Å². The first kappa shape index (κ1) is 19.9. The minimum atomic E-state index is -0.638. The van der Waals surface area contributed by atoms with Crippen molar-refractivity contribution >= 4 is 5.78 Å². The molecule has 1 unspecified atom stereocenters. The van der Waals surface area contributed by atoms with E-state index in [2.05, 4.69) is 0 Å². The van der Waals surface area contributed by atoms with Gasteiger partial charge in [0.25, 0.3) is 5.56 Å². The number of nitrogens with zero attached hydrogens (tertiary/aromatic N) is 2. The number of aromatic nitrogens is 1. The van der Waals surface area contributed by atoms with Gasteiger partial charge in [-0.05, 0) is 37.1 Å². The summed E-state index contributed by atoms with van der Waals surface area (Å²) in [7, 11) is 1.49. The van der Waals surface area contributed by atoms with Crippen LogP contribution in [0, 0.1) is 18.3 Å². The predicted molar refractivity (Wildman–Crippen MR) is 109 cm³/mol. The quantitative estimate of drug-likeness (QED) is 0.675. The highest BCUT2D eigenvalue weighted by atomic mass is 16.5. The molecule has 3 aromatic rings. The minimum absolute atomic E-state index is 0.0721. The van der Waals surface area contributed by atoms with E-state index in [0.717, 1.165) is 10.1 Å². The summed E-state index contributed by atoms with van der Waals surface area (Å²) in [5.41, 5.74) is 0.316. The van der Waals surface area contributed by atoms with E-state index in [1.165, 1.54) is 14.0 Å². The molecule has 3 rings (SSSR count). The number of ether oxygens (including phenoxy) is 1. The topological polar surface area (TPSA) is 92.3 Å². The van der Waals surface area contributed by atoms with Gasteiger partial charge in [-0.2, -0.15) is 5.26 Å². The predicted octanol–water partition coefficient (Wildman–Crippen LogP) is 3.58. The van der Waals surface area contributed by atoms with E-state index in [0.29, 0.717) is 5.75 Å². The van der Waals surface area contributed by atoms with E-state index in [-0.39, 0.29) is 22.3 Å². The third kappa shape index (κ3) is 3.50. The Labute approximate surface area is 168 Å². The molecule has 0 saturated heterocycles. The minimum Gasteiger partial charge on any atom is -0.497 e. The molecule has 1 aromatic heterocycles. The lowest BCUT2D eigenvalue weighted by atomic mass is 9.96. The highest BCUT2D eigenvalue weighted by Gasteiger charge is 2.27. The van der Waals surface area contributed by atoms with Crippen LogP contribution in [-0.2, 0) is 0 Å². The van der Waals surface area contributed by atoms with Crippen molar-refractivity contribution in [3.05, 3.63) is 92.8 Å². The van der Waals surface area contributed by atoms with Gasteiger partial charge in [0.2, 0.25) is 5.88 Å². The van der Waals surface area contributed by atoms with E-state index < -0.39 is 23.3 Å². The molecule has 29 heavy (non-hydrogen) atoms. The Bertz CT molecular complexity index is 1170. The number of carbonyl (C=O) groups excluding carboxylic acids is 1. The van der Waals surface area contributed by atoms with Gasteiger partial charge in [-0.15, -0.1) is 0 Å². The summed E-state index contributed by atoms with van der Waals surface area (Å²) in [6, 6.07) is 16.9. The van der Waals surface area contributed by atoms with Crippen LogP contribution in [0.25, 0.3) is 0 Å². The van der Waals surface area contributed by atoms with Crippen LogP contribution in [0.5, 0.6) is 11.6 Å². The van der Waals surface area contributed by atoms with Crippen LogP contribution < -0.4 is 10.3 Å². The second-order valence-corrected chi connectivity index (χ2v) is 6.63. The first-order chi connectivity index (χ1) is 13.9. The summed E-state index contributed by atoms with van der Waals surface area (Å²) in [5, 5.41) is 20.5. The zero-order valence-corrected chi connectivity index (χ0v) is 16.3. The van der Waals surface area contributed by atoms with Crippen LogP contribution in [0.15, 0.2) is 59.4 Å². The summed E-state index contributed by atoms with van der Waals surface area (Å²) in [6.45, 7) is 3.22. The molecule has 146 valence electrons. The molecule has 0 radical (unpaired) electrons. The summed E-state index contributed by atoms with van der Waals surface area (Å²) < 4.78 is 6.25. The van der Waals surface area contributed by atoms with Crippen LogP contribution in [-0.4, -0.2) is 22.6 Å². The third-order valence-electron chi connectivity index (χ3n) is 4.97. The standard InChI is InChI=1S/C23H20N2O4/c1-14-19(13-24)22(27)25(15(2)16-8-5-4-6-9-16)23(28)20(14)21(26)17-10-7-11-18(12-17)29-3/h4-12,15,28H,1-3H3. The summed E-state index contributed by atoms with van der Waals surface area (Å²) in [4.78, 5) is 26.1. The molecule has 0 saturated carbocycles. The lowest BCUT2D eigenvalue weighted by Gasteiger charge is -2.21. The molecule has 1 atom stereocenters. The molecule has 6 nitrogen and oxygen atoms in total. The number of carbonyl (C=O) groups is 1. The van der Waals surface area contributed by atoms with Crippen molar-refractivity contribution in [2.24, 2.45) is 0 Å². The zero-order chi connectivity index (χ0) is 21.1. The molecule has 6 heteroatoms. The van der Waals surface area contributed by atoms with Crippen molar-refractivity contribution in [1.82, 2.24) is 4.57 Å². The van der Waals surface area contributed by atoms with E-state index in [1.54, 1.807) is 31.2 Å². The number of hydrogen-bond acceptors (Lipinski definition) is 5. The Balaban J connectivity index is 2.27. The van der Waals surface area contributed by atoms with Gasteiger partial charge in [0.1, 0.15) is 17.4 Å².